The molecule has 1 heterocycles. The van der Waals surface area contributed by atoms with E-state index in [1.165, 1.54) is 37.5 Å². The number of rotatable bonds is 6. The van der Waals surface area contributed by atoms with E-state index >= 15 is 0 Å². The third-order valence-corrected chi connectivity index (χ3v) is 6.66. The molecule has 2 amide bonds. The molecule has 178 valence electrons. The number of likely N-dealkylation sites (N-methyl/N-ethyl adjacent to an activating group) is 1. The highest BCUT2D eigenvalue weighted by molar-refractivity contribution is 5.93. The zero-order valence-electron chi connectivity index (χ0n) is 18.8. The van der Waals surface area contributed by atoms with E-state index < -0.39 is 17.6 Å². The van der Waals surface area contributed by atoms with Crippen molar-refractivity contribution in [3.05, 3.63) is 29.8 Å². The molecule has 0 aromatic heterocycles. The van der Waals surface area contributed by atoms with Crippen molar-refractivity contribution >= 4 is 17.5 Å². The number of amides is 2. The van der Waals surface area contributed by atoms with Gasteiger partial charge in [0.25, 0.3) is 0 Å². The van der Waals surface area contributed by atoms with E-state index in [1.807, 2.05) is 23.8 Å². The van der Waals surface area contributed by atoms with Crippen molar-refractivity contribution in [1.82, 2.24) is 14.7 Å². The number of alkyl halides is 3. The van der Waals surface area contributed by atoms with Crippen LogP contribution in [0.25, 0.3) is 0 Å². The Morgan fingerprint density at radius 1 is 1.09 bits per heavy atom. The van der Waals surface area contributed by atoms with E-state index in [-0.39, 0.29) is 24.2 Å². The Labute approximate surface area is 187 Å². The minimum atomic E-state index is -4.52. The van der Waals surface area contributed by atoms with Crippen LogP contribution in [0, 0.1) is 0 Å². The van der Waals surface area contributed by atoms with Crippen LogP contribution in [-0.4, -0.2) is 78.4 Å². The number of carbonyl (C=O) groups excluding carboxylic acids is 2. The van der Waals surface area contributed by atoms with Gasteiger partial charge >= 0.3 is 6.18 Å². The zero-order chi connectivity index (χ0) is 23.3. The third-order valence-electron chi connectivity index (χ3n) is 6.66. The van der Waals surface area contributed by atoms with E-state index in [1.54, 1.807) is 0 Å². The Hall–Kier alpha value is -2.13. The smallest absolute Gasteiger partial charge is 0.341 e. The lowest BCUT2D eigenvalue weighted by Crippen LogP contribution is -2.56. The summed E-state index contributed by atoms with van der Waals surface area (Å²) in [4.78, 5) is 31.2. The second-order valence-electron chi connectivity index (χ2n) is 8.82. The van der Waals surface area contributed by atoms with Crippen LogP contribution in [0.15, 0.2) is 24.3 Å². The molecule has 32 heavy (non-hydrogen) atoms. The lowest BCUT2D eigenvalue weighted by molar-refractivity contribution is -0.139. The van der Waals surface area contributed by atoms with E-state index in [9.17, 15) is 22.8 Å². The summed E-state index contributed by atoms with van der Waals surface area (Å²) in [7, 11) is 1.90. The summed E-state index contributed by atoms with van der Waals surface area (Å²) >= 11 is 0. The Morgan fingerprint density at radius 2 is 1.72 bits per heavy atom. The van der Waals surface area contributed by atoms with Gasteiger partial charge in [-0.1, -0.05) is 31.4 Å². The molecule has 1 saturated heterocycles. The van der Waals surface area contributed by atoms with E-state index in [4.69, 9.17) is 0 Å². The van der Waals surface area contributed by atoms with E-state index in [0.717, 1.165) is 18.9 Å². The summed E-state index contributed by atoms with van der Waals surface area (Å²) in [6.07, 6.45) is 1.19. The van der Waals surface area contributed by atoms with Crippen LogP contribution >= 0.6 is 0 Å². The number of benzene rings is 1. The molecule has 6 nitrogen and oxygen atoms in total. The summed E-state index contributed by atoms with van der Waals surface area (Å²) < 4.78 is 39.4. The van der Waals surface area contributed by atoms with Crippen molar-refractivity contribution in [3.63, 3.8) is 0 Å². The van der Waals surface area contributed by atoms with Gasteiger partial charge in [-0.15, -0.1) is 0 Å². The predicted octanol–water partition coefficient (Wildman–Crippen LogP) is 3.44. The van der Waals surface area contributed by atoms with Gasteiger partial charge in [0.1, 0.15) is 0 Å². The first kappa shape index (κ1) is 24.5. The largest absolute Gasteiger partial charge is 0.418 e. The van der Waals surface area contributed by atoms with Gasteiger partial charge in [0, 0.05) is 39.3 Å². The summed E-state index contributed by atoms with van der Waals surface area (Å²) in [5.41, 5.74) is -1.08. The van der Waals surface area contributed by atoms with Gasteiger partial charge in [0.15, 0.2) is 0 Å². The minimum Gasteiger partial charge on any atom is -0.341 e. The van der Waals surface area contributed by atoms with Gasteiger partial charge in [-0.05, 0) is 31.9 Å². The fourth-order valence-electron chi connectivity index (χ4n) is 4.64. The molecule has 1 aromatic rings. The summed E-state index contributed by atoms with van der Waals surface area (Å²) in [6, 6.07) is 5.07. The quantitative estimate of drug-likeness (QED) is 0.716. The van der Waals surface area contributed by atoms with Crippen LogP contribution in [-0.2, 0) is 15.8 Å². The number of hydrogen-bond donors (Lipinski definition) is 1. The van der Waals surface area contributed by atoms with Crippen LogP contribution in [0.5, 0.6) is 0 Å². The Bertz CT molecular complexity index is 788. The normalized spacial score (nSPS) is 20.0. The average molecular weight is 455 g/mol. The molecule has 2 fully saturated rings. The molecule has 1 aromatic carbocycles. The number of para-hydroxylation sites is 1. The molecule has 1 aliphatic heterocycles. The molecule has 1 N–H and O–H groups in total. The number of halogens is 3. The van der Waals surface area contributed by atoms with Crippen molar-refractivity contribution in [1.29, 1.82) is 0 Å². The monoisotopic (exact) mass is 454 g/mol. The lowest BCUT2D eigenvalue weighted by atomic mass is 9.94. The fourth-order valence-corrected chi connectivity index (χ4v) is 4.64. The topological polar surface area (TPSA) is 55.9 Å². The number of anilines is 1. The van der Waals surface area contributed by atoms with Gasteiger partial charge < -0.3 is 10.2 Å². The highest BCUT2D eigenvalue weighted by atomic mass is 19.4. The fraction of sp³-hybridized carbons (Fsp3) is 0.652. The molecular formula is C23H33F3N4O2. The Kier molecular flexibility index (Phi) is 8.16. The molecule has 2 aliphatic rings. The number of carbonyl (C=O) groups is 2. The summed E-state index contributed by atoms with van der Waals surface area (Å²) in [5.74, 6) is -0.344. The minimum absolute atomic E-state index is 0.0182. The molecule has 1 atom stereocenters. The van der Waals surface area contributed by atoms with Crippen LogP contribution in [0.1, 0.15) is 44.6 Å². The first-order valence-electron chi connectivity index (χ1n) is 11.4. The highest BCUT2D eigenvalue weighted by Gasteiger charge is 2.34. The van der Waals surface area contributed by atoms with Crippen molar-refractivity contribution in [3.8, 4) is 0 Å². The lowest BCUT2D eigenvalue weighted by Gasteiger charge is -2.40. The van der Waals surface area contributed by atoms with Crippen LogP contribution in [0.2, 0.25) is 0 Å². The first-order chi connectivity index (χ1) is 15.2. The number of nitrogens with one attached hydrogen (secondary N) is 1. The zero-order valence-corrected chi connectivity index (χ0v) is 18.8. The Morgan fingerprint density at radius 3 is 2.34 bits per heavy atom. The highest BCUT2D eigenvalue weighted by Crippen LogP contribution is 2.34. The maximum atomic E-state index is 13.1. The van der Waals surface area contributed by atoms with Crippen molar-refractivity contribution in [2.45, 2.75) is 57.3 Å². The number of nitrogens with zero attached hydrogens (tertiary/aromatic N) is 3. The van der Waals surface area contributed by atoms with Gasteiger partial charge in [-0.25, -0.2) is 0 Å². The van der Waals surface area contributed by atoms with Crippen LogP contribution < -0.4 is 5.32 Å². The van der Waals surface area contributed by atoms with Gasteiger partial charge in [0.05, 0.1) is 23.8 Å². The van der Waals surface area contributed by atoms with E-state index in [0.29, 0.717) is 32.2 Å². The summed E-state index contributed by atoms with van der Waals surface area (Å²) in [6.45, 7) is 4.39. The molecule has 0 unspecified atom stereocenters. The average Bonchev–Trinajstić information content (AvgIpc) is 2.78. The predicted molar refractivity (Wildman–Crippen MR) is 117 cm³/mol. The number of piperazine rings is 1. The van der Waals surface area contributed by atoms with Gasteiger partial charge in [-0.3, -0.25) is 19.4 Å². The van der Waals surface area contributed by atoms with Crippen molar-refractivity contribution < 1.29 is 22.8 Å². The Balaban J connectivity index is 1.47. The van der Waals surface area contributed by atoms with Gasteiger partial charge in [0.2, 0.25) is 11.8 Å². The number of hydrogen-bond acceptors (Lipinski definition) is 4. The second kappa shape index (κ2) is 10.7. The third kappa shape index (κ3) is 6.22. The molecule has 0 radical (unpaired) electrons. The molecule has 1 saturated carbocycles. The molecule has 1 aliphatic carbocycles. The van der Waals surface area contributed by atoms with Gasteiger partial charge in [-0.2, -0.15) is 13.2 Å². The SMILES string of the molecule is C[C@H](C(=O)N(C)C1CCCCC1)N1CCN(CC(=O)Nc2ccccc2C(F)(F)F)CC1. The van der Waals surface area contributed by atoms with E-state index in [2.05, 4.69) is 10.2 Å². The standard InChI is InChI=1S/C23H33F3N4O2/c1-17(22(32)28(2)18-8-4-3-5-9-18)30-14-12-29(13-15-30)16-21(31)27-20-11-7-6-10-19(20)23(24,25)26/h6-7,10-11,17-18H,3-5,8-9,12-16H2,1-2H3,(H,27,31)/t17-/m1/s1. The maximum Gasteiger partial charge on any atom is 0.418 e. The second-order valence-corrected chi connectivity index (χ2v) is 8.82. The summed E-state index contributed by atoms with van der Waals surface area (Å²) in [5, 5.41) is 2.39. The molecular weight excluding hydrogens is 421 g/mol. The molecule has 0 spiro atoms. The molecule has 3 rings (SSSR count). The van der Waals surface area contributed by atoms with Crippen LogP contribution in [0.4, 0.5) is 18.9 Å². The first-order valence-corrected chi connectivity index (χ1v) is 11.4. The van der Waals surface area contributed by atoms with Crippen LogP contribution in [0.3, 0.4) is 0 Å². The van der Waals surface area contributed by atoms with Crippen molar-refractivity contribution in [2.24, 2.45) is 0 Å². The molecule has 0 bridgehead atoms. The maximum absolute atomic E-state index is 13.1. The molecule has 9 heteroatoms. The van der Waals surface area contributed by atoms with Crippen molar-refractivity contribution in [2.75, 3.05) is 45.1 Å².